The largest absolute Gasteiger partial charge is 0.445 e. The van der Waals surface area contributed by atoms with Crippen LogP contribution in [0.25, 0.3) is 0 Å². The normalized spacial score (nSPS) is 12.7. The fraction of sp³-hybridized carbons (Fsp3) is 0.421. The molecule has 4 N–H and O–H groups in total. The van der Waals surface area contributed by atoms with Crippen LogP contribution in [0, 0.1) is 5.92 Å². The lowest BCUT2D eigenvalue weighted by atomic mass is 10.0. The molecule has 0 heterocycles. The second-order valence-electron chi connectivity index (χ2n) is 6.57. The first-order valence-electron chi connectivity index (χ1n) is 8.59. The summed E-state index contributed by atoms with van der Waals surface area (Å²) in [6, 6.07) is 7.44. The van der Waals surface area contributed by atoms with Crippen LogP contribution < -0.4 is 16.4 Å². The lowest BCUT2D eigenvalue weighted by molar-refractivity contribution is -0.128. The van der Waals surface area contributed by atoms with Gasteiger partial charge in [-0.15, -0.1) is 0 Å². The molecule has 0 aromatic heterocycles. The Morgan fingerprint density at radius 2 is 1.78 bits per heavy atom. The van der Waals surface area contributed by atoms with Crippen molar-refractivity contribution < 1.29 is 19.1 Å². The van der Waals surface area contributed by atoms with Crippen LogP contribution in [0.2, 0.25) is 0 Å². The van der Waals surface area contributed by atoms with E-state index < -0.39 is 30.0 Å². The fourth-order valence-electron chi connectivity index (χ4n) is 2.33. The number of carbonyl (C=O) groups is 3. The zero-order valence-electron chi connectivity index (χ0n) is 15.5. The Hall–Kier alpha value is -2.35. The average Bonchev–Trinajstić information content (AvgIpc) is 2.58. The van der Waals surface area contributed by atoms with Crippen molar-refractivity contribution in [2.45, 2.75) is 45.4 Å². The lowest BCUT2D eigenvalue weighted by Gasteiger charge is -2.23. The summed E-state index contributed by atoms with van der Waals surface area (Å²) in [7, 11) is 0. The summed E-state index contributed by atoms with van der Waals surface area (Å²) < 4.78 is 5.69. The Kier molecular flexibility index (Phi) is 9.56. The molecule has 0 radical (unpaired) electrons. The van der Waals surface area contributed by atoms with Gasteiger partial charge in [-0.2, -0.15) is 0 Å². The van der Waals surface area contributed by atoms with Gasteiger partial charge >= 0.3 is 6.09 Å². The highest BCUT2D eigenvalue weighted by Gasteiger charge is 2.27. The molecular formula is C19H26BrN3O4. The first-order chi connectivity index (χ1) is 12.7. The van der Waals surface area contributed by atoms with Crippen LogP contribution in [-0.2, 0) is 20.9 Å². The van der Waals surface area contributed by atoms with E-state index in [2.05, 4.69) is 33.1 Å². The first-order valence-corrected chi connectivity index (χ1v) is 9.38. The molecule has 0 saturated heterocycles. The monoisotopic (exact) mass is 439 g/mol. The van der Waals surface area contributed by atoms with E-state index >= 15 is 0 Å². The van der Waals surface area contributed by atoms with Crippen molar-refractivity contribution in [1.29, 1.82) is 0 Å². The van der Waals surface area contributed by atoms with E-state index in [4.69, 9.17) is 10.5 Å². The summed E-state index contributed by atoms with van der Waals surface area (Å²) in [5, 5.41) is 5.11. The van der Waals surface area contributed by atoms with Gasteiger partial charge in [-0.25, -0.2) is 4.79 Å². The number of alkyl carbamates (subject to hydrolysis) is 1. The molecule has 148 valence electrons. The number of hydrogen-bond donors (Lipinski definition) is 3. The molecule has 27 heavy (non-hydrogen) atoms. The average molecular weight is 440 g/mol. The molecule has 0 bridgehead atoms. The molecule has 0 fully saturated rings. The molecule has 7 nitrogen and oxygen atoms in total. The van der Waals surface area contributed by atoms with Gasteiger partial charge in [-0.1, -0.05) is 66.7 Å². The van der Waals surface area contributed by atoms with Crippen molar-refractivity contribution in [2.24, 2.45) is 11.7 Å². The molecule has 1 aromatic carbocycles. The maximum atomic E-state index is 12.6. The van der Waals surface area contributed by atoms with Crippen LogP contribution in [0.3, 0.4) is 0 Å². The Morgan fingerprint density at radius 1 is 1.15 bits per heavy atom. The lowest BCUT2D eigenvalue weighted by Crippen LogP contribution is -2.53. The minimum absolute atomic E-state index is 0.0933. The van der Waals surface area contributed by atoms with Gasteiger partial charge in [0.15, 0.2) is 0 Å². The zero-order chi connectivity index (χ0) is 20.4. The van der Waals surface area contributed by atoms with Crippen molar-refractivity contribution in [3.05, 3.63) is 47.0 Å². The predicted octanol–water partition coefficient (Wildman–Crippen LogP) is 2.60. The molecule has 0 saturated carbocycles. The van der Waals surface area contributed by atoms with Crippen molar-refractivity contribution in [3.8, 4) is 0 Å². The van der Waals surface area contributed by atoms with E-state index in [0.717, 1.165) is 5.56 Å². The van der Waals surface area contributed by atoms with Gasteiger partial charge in [0.1, 0.15) is 18.7 Å². The smallest absolute Gasteiger partial charge is 0.408 e. The summed E-state index contributed by atoms with van der Waals surface area (Å²) in [6.45, 7) is 7.58. The van der Waals surface area contributed by atoms with Crippen LogP contribution in [0.5, 0.6) is 0 Å². The molecule has 3 amide bonds. The number of benzene rings is 1. The Balaban J connectivity index is 2.69. The Bertz CT molecular complexity index is 664. The van der Waals surface area contributed by atoms with Crippen LogP contribution >= 0.6 is 15.9 Å². The van der Waals surface area contributed by atoms with Crippen LogP contribution in [0.4, 0.5) is 4.79 Å². The maximum Gasteiger partial charge on any atom is 0.408 e. The van der Waals surface area contributed by atoms with Crippen molar-refractivity contribution >= 4 is 33.8 Å². The third-order valence-electron chi connectivity index (χ3n) is 3.61. The van der Waals surface area contributed by atoms with Crippen molar-refractivity contribution in [3.63, 3.8) is 0 Å². The number of nitrogens with two attached hydrogens (primary N) is 1. The second-order valence-corrected chi connectivity index (χ2v) is 7.69. The quantitative estimate of drug-likeness (QED) is 0.520. The number of nitrogens with one attached hydrogen (secondary N) is 2. The molecule has 0 aliphatic rings. The van der Waals surface area contributed by atoms with Crippen LogP contribution in [0.1, 0.15) is 32.3 Å². The van der Waals surface area contributed by atoms with Crippen LogP contribution in [0.15, 0.2) is 41.4 Å². The summed E-state index contributed by atoms with van der Waals surface area (Å²) in [5.41, 5.74) is 6.16. The van der Waals surface area contributed by atoms with Gasteiger partial charge in [-0.3, -0.25) is 9.59 Å². The molecule has 0 aliphatic carbocycles. The van der Waals surface area contributed by atoms with E-state index in [0.29, 0.717) is 10.9 Å². The number of halogens is 1. The van der Waals surface area contributed by atoms with E-state index in [9.17, 15) is 14.4 Å². The number of carbonyl (C=O) groups excluding carboxylic acids is 3. The zero-order valence-corrected chi connectivity index (χ0v) is 17.1. The highest BCUT2D eigenvalue weighted by Crippen LogP contribution is 2.11. The molecule has 0 unspecified atom stereocenters. The Labute approximate surface area is 167 Å². The molecule has 1 aromatic rings. The molecule has 2 atom stereocenters. The topological polar surface area (TPSA) is 111 Å². The summed E-state index contributed by atoms with van der Waals surface area (Å²) >= 11 is 3.15. The maximum absolute atomic E-state index is 12.6. The van der Waals surface area contributed by atoms with Gasteiger partial charge < -0.3 is 21.1 Å². The number of amides is 3. The molecule has 8 heteroatoms. The second kappa shape index (κ2) is 11.4. The highest BCUT2D eigenvalue weighted by atomic mass is 79.9. The molecular weight excluding hydrogens is 414 g/mol. The number of hydrogen-bond acceptors (Lipinski definition) is 4. The standard InChI is InChI=1S/C19H26BrN3O4/c1-12(2)9-16(18(25)22-15(17(21)24)10-13(3)20)23-19(26)27-11-14-7-5-4-6-8-14/h4-8,12,15-16H,3,9-11H2,1-2H3,(H2,21,24)(H,22,25)(H,23,26)/t15-,16-/m0/s1. The Morgan fingerprint density at radius 3 is 2.30 bits per heavy atom. The van der Waals surface area contributed by atoms with Gasteiger partial charge in [0.05, 0.1) is 0 Å². The fourth-order valence-corrected chi connectivity index (χ4v) is 2.65. The van der Waals surface area contributed by atoms with E-state index in [1.807, 2.05) is 44.2 Å². The van der Waals surface area contributed by atoms with Gasteiger partial charge in [-0.05, 0) is 22.4 Å². The summed E-state index contributed by atoms with van der Waals surface area (Å²) in [6.07, 6.45) is -0.166. The van der Waals surface area contributed by atoms with Gasteiger partial charge in [0.2, 0.25) is 11.8 Å². The van der Waals surface area contributed by atoms with Crippen LogP contribution in [-0.4, -0.2) is 30.0 Å². The molecule has 0 aliphatic heterocycles. The SMILES string of the molecule is C=C(Br)C[C@H](NC(=O)[C@H](CC(C)C)NC(=O)OCc1ccccc1)C(N)=O. The van der Waals surface area contributed by atoms with Crippen molar-refractivity contribution in [2.75, 3.05) is 0 Å². The van der Waals surface area contributed by atoms with E-state index in [1.165, 1.54) is 0 Å². The summed E-state index contributed by atoms with van der Waals surface area (Å²) in [4.78, 5) is 36.2. The molecule has 1 rings (SSSR count). The minimum Gasteiger partial charge on any atom is -0.445 e. The highest BCUT2D eigenvalue weighted by molar-refractivity contribution is 9.11. The predicted molar refractivity (Wildman–Crippen MR) is 107 cm³/mol. The van der Waals surface area contributed by atoms with E-state index in [1.54, 1.807) is 0 Å². The van der Waals surface area contributed by atoms with Crippen molar-refractivity contribution in [1.82, 2.24) is 10.6 Å². The van der Waals surface area contributed by atoms with Gasteiger partial charge in [0, 0.05) is 6.42 Å². The van der Waals surface area contributed by atoms with Gasteiger partial charge in [0.25, 0.3) is 0 Å². The third-order valence-corrected chi connectivity index (χ3v) is 3.94. The minimum atomic E-state index is -0.916. The summed E-state index contributed by atoms with van der Waals surface area (Å²) in [5.74, 6) is -1.05. The number of ether oxygens (including phenoxy) is 1. The number of primary amides is 1. The number of rotatable bonds is 10. The van der Waals surface area contributed by atoms with E-state index in [-0.39, 0.29) is 18.9 Å². The third kappa shape index (κ3) is 9.23. The first kappa shape index (κ1) is 22.7. The molecule has 0 spiro atoms.